The van der Waals surface area contributed by atoms with E-state index in [1.54, 1.807) is 11.3 Å². The fourth-order valence-corrected chi connectivity index (χ4v) is 4.29. The molecule has 5 heteroatoms. The van der Waals surface area contributed by atoms with Crippen LogP contribution in [0.15, 0.2) is 83.8 Å². The van der Waals surface area contributed by atoms with Gasteiger partial charge in [0, 0.05) is 30.9 Å². The Morgan fingerprint density at radius 2 is 1.78 bits per heavy atom. The summed E-state index contributed by atoms with van der Waals surface area (Å²) in [4.78, 5) is 11.9. The molecule has 4 aromatic rings. The molecule has 0 atom stereocenters. The summed E-state index contributed by atoms with van der Waals surface area (Å²) in [7, 11) is 0. The number of nitrogens with zero attached hydrogens (tertiary/aromatic N) is 1. The van der Waals surface area contributed by atoms with E-state index in [1.165, 1.54) is 11.1 Å². The Bertz CT molecular complexity index is 1120. The average Bonchev–Trinajstić information content (AvgIpc) is 3.48. The van der Waals surface area contributed by atoms with Crippen LogP contribution in [0.3, 0.4) is 0 Å². The van der Waals surface area contributed by atoms with Crippen molar-refractivity contribution in [3.63, 3.8) is 0 Å². The van der Waals surface area contributed by atoms with E-state index in [1.807, 2.05) is 37.3 Å². The Morgan fingerprint density at radius 3 is 2.50 bits per heavy atom. The maximum atomic E-state index is 11.9. The Kier molecular flexibility index (Phi) is 7.41. The van der Waals surface area contributed by atoms with E-state index in [-0.39, 0.29) is 5.97 Å². The van der Waals surface area contributed by atoms with Crippen LogP contribution < -0.4 is 4.74 Å². The molecule has 0 bridgehead atoms. The second-order valence-electron chi connectivity index (χ2n) is 7.60. The van der Waals surface area contributed by atoms with Crippen LogP contribution in [0.2, 0.25) is 0 Å². The van der Waals surface area contributed by atoms with Gasteiger partial charge in [0.2, 0.25) is 0 Å². The first-order chi connectivity index (χ1) is 15.7. The van der Waals surface area contributed by atoms with Crippen LogP contribution in [0, 0.1) is 0 Å². The normalized spacial score (nSPS) is 10.8. The highest BCUT2D eigenvalue weighted by Crippen LogP contribution is 2.27. The molecule has 2 aromatic carbocycles. The number of aryl methyl sites for hydroxylation is 1. The van der Waals surface area contributed by atoms with Crippen molar-refractivity contribution in [1.29, 1.82) is 0 Å². The molecule has 4 rings (SSSR count). The smallest absolute Gasteiger partial charge is 0.306 e. The lowest BCUT2D eigenvalue weighted by Gasteiger charge is -2.07. The van der Waals surface area contributed by atoms with Gasteiger partial charge in [-0.05, 0) is 64.6 Å². The lowest BCUT2D eigenvalue weighted by Crippen LogP contribution is -2.05. The molecular formula is C27H27NO3S. The number of thiophene rings is 1. The molecule has 0 spiro atoms. The van der Waals surface area contributed by atoms with Crippen LogP contribution in [0.1, 0.15) is 30.0 Å². The zero-order valence-electron chi connectivity index (χ0n) is 18.2. The van der Waals surface area contributed by atoms with E-state index in [2.05, 4.69) is 58.1 Å². The molecule has 0 aliphatic heterocycles. The monoisotopic (exact) mass is 445 g/mol. The summed E-state index contributed by atoms with van der Waals surface area (Å²) in [5, 5.41) is 4.16. The van der Waals surface area contributed by atoms with Crippen LogP contribution in [-0.4, -0.2) is 17.1 Å². The van der Waals surface area contributed by atoms with Gasteiger partial charge < -0.3 is 14.0 Å². The van der Waals surface area contributed by atoms with Crippen molar-refractivity contribution in [3.05, 3.63) is 101 Å². The van der Waals surface area contributed by atoms with Crippen LogP contribution >= 0.6 is 11.3 Å². The third-order valence-corrected chi connectivity index (χ3v) is 5.96. The third-order valence-electron chi connectivity index (χ3n) is 5.23. The average molecular weight is 446 g/mol. The minimum atomic E-state index is -0.155. The van der Waals surface area contributed by atoms with E-state index in [4.69, 9.17) is 9.47 Å². The number of benzene rings is 2. The number of hydrogen-bond acceptors (Lipinski definition) is 4. The van der Waals surface area contributed by atoms with E-state index in [0.717, 1.165) is 29.0 Å². The summed E-state index contributed by atoms with van der Waals surface area (Å²) >= 11 is 1.68. The number of carbonyl (C=O) groups excluding carboxylic acids is 1. The predicted molar refractivity (Wildman–Crippen MR) is 129 cm³/mol. The molecular weight excluding hydrogens is 418 g/mol. The Labute approximate surface area is 193 Å². The lowest BCUT2D eigenvalue weighted by molar-refractivity contribution is -0.143. The summed E-state index contributed by atoms with van der Waals surface area (Å²) in [5.41, 5.74) is 5.85. The molecule has 0 aliphatic rings. The number of hydrogen-bond donors (Lipinski definition) is 0. The van der Waals surface area contributed by atoms with Gasteiger partial charge in [0.15, 0.2) is 0 Å². The second-order valence-corrected chi connectivity index (χ2v) is 8.38. The highest BCUT2D eigenvalue weighted by molar-refractivity contribution is 7.07. The number of rotatable bonds is 10. The summed E-state index contributed by atoms with van der Waals surface area (Å²) in [6.45, 7) is 3.59. The van der Waals surface area contributed by atoms with Gasteiger partial charge in [-0.15, -0.1) is 0 Å². The molecule has 0 aliphatic carbocycles. The molecule has 0 radical (unpaired) electrons. The van der Waals surface area contributed by atoms with Crippen molar-refractivity contribution in [2.75, 3.05) is 6.61 Å². The second kappa shape index (κ2) is 10.8. The van der Waals surface area contributed by atoms with Crippen LogP contribution in [0.25, 0.3) is 11.1 Å². The molecule has 0 amide bonds. The first-order valence-electron chi connectivity index (χ1n) is 10.8. The van der Waals surface area contributed by atoms with Gasteiger partial charge >= 0.3 is 5.97 Å². The van der Waals surface area contributed by atoms with Crippen molar-refractivity contribution in [2.45, 2.75) is 32.9 Å². The maximum absolute atomic E-state index is 11.9. The molecule has 0 saturated carbocycles. The van der Waals surface area contributed by atoms with Crippen molar-refractivity contribution >= 4 is 17.3 Å². The number of esters is 1. The van der Waals surface area contributed by atoms with E-state index >= 15 is 0 Å². The molecule has 164 valence electrons. The third kappa shape index (κ3) is 5.89. The van der Waals surface area contributed by atoms with Gasteiger partial charge in [0.1, 0.15) is 12.4 Å². The lowest BCUT2D eigenvalue weighted by atomic mass is 10.0. The number of aromatic nitrogens is 1. The molecule has 0 fully saturated rings. The van der Waals surface area contributed by atoms with E-state index < -0.39 is 0 Å². The first kappa shape index (κ1) is 21.9. The molecule has 2 heterocycles. The Balaban J connectivity index is 1.46. The molecule has 0 saturated heterocycles. The summed E-state index contributed by atoms with van der Waals surface area (Å²) in [6, 6.07) is 20.6. The number of carbonyl (C=O) groups is 1. The molecule has 32 heavy (non-hydrogen) atoms. The summed E-state index contributed by atoms with van der Waals surface area (Å²) < 4.78 is 13.2. The summed E-state index contributed by atoms with van der Waals surface area (Å²) in [6.07, 6.45) is 5.35. The maximum Gasteiger partial charge on any atom is 0.306 e. The zero-order chi connectivity index (χ0) is 22.2. The van der Waals surface area contributed by atoms with Crippen molar-refractivity contribution in [2.24, 2.45) is 0 Å². The van der Waals surface area contributed by atoms with Gasteiger partial charge in [0.05, 0.1) is 6.61 Å². The van der Waals surface area contributed by atoms with E-state index in [9.17, 15) is 4.79 Å². The van der Waals surface area contributed by atoms with Crippen LogP contribution in [0.4, 0.5) is 0 Å². The highest BCUT2D eigenvalue weighted by atomic mass is 32.1. The quantitative estimate of drug-likeness (QED) is 0.267. The van der Waals surface area contributed by atoms with E-state index in [0.29, 0.717) is 26.1 Å². The molecule has 2 aromatic heterocycles. The fraction of sp³-hybridized carbons (Fsp3) is 0.222. The fourth-order valence-electron chi connectivity index (χ4n) is 3.64. The minimum Gasteiger partial charge on any atom is -0.489 e. The minimum absolute atomic E-state index is 0.155. The predicted octanol–water partition coefficient (Wildman–Crippen LogP) is 6.34. The highest BCUT2D eigenvalue weighted by Gasteiger charge is 2.12. The van der Waals surface area contributed by atoms with Crippen molar-refractivity contribution in [3.8, 4) is 16.9 Å². The van der Waals surface area contributed by atoms with Gasteiger partial charge in [-0.25, -0.2) is 0 Å². The van der Waals surface area contributed by atoms with Gasteiger partial charge in [0.25, 0.3) is 0 Å². The van der Waals surface area contributed by atoms with Gasteiger partial charge in [-0.1, -0.05) is 42.5 Å². The molecule has 4 nitrogen and oxygen atoms in total. The number of ether oxygens (including phenoxy) is 2. The SMILES string of the molecule is CCOC(=O)CCc1cn(Cc2ccc(OCc3ccsc3)cc2)cc1-c1ccccc1. The standard InChI is InChI=1S/C27H27NO3S/c1-2-30-27(29)13-10-24-17-28(18-26(24)23-6-4-3-5-7-23)16-21-8-11-25(12-9-21)31-19-22-14-15-32-20-22/h3-9,11-12,14-15,17-18,20H,2,10,13,16,19H2,1H3. The van der Waals surface area contributed by atoms with Crippen molar-refractivity contribution in [1.82, 2.24) is 4.57 Å². The molecule has 0 unspecified atom stereocenters. The first-order valence-corrected chi connectivity index (χ1v) is 11.8. The van der Waals surface area contributed by atoms with Gasteiger partial charge in [-0.2, -0.15) is 11.3 Å². The summed E-state index contributed by atoms with van der Waals surface area (Å²) in [5.74, 6) is 0.713. The largest absolute Gasteiger partial charge is 0.489 e. The Morgan fingerprint density at radius 1 is 0.969 bits per heavy atom. The van der Waals surface area contributed by atoms with Crippen LogP contribution in [0.5, 0.6) is 5.75 Å². The van der Waals surface area contributed by atoms with Crippen molar-refractivity contribution < 1.29 is 14.3 Å². The topological polar surface area (TPSA) is 40.5 Å². The van der Waals surface area contributed by atoms with Crippen LogP contribution in [-0.2, 0) is 29.1 Å². The van der Waals surface area contributed by atoms with Gasteiger partial charge in [-0.3, -0.25) is 4.79 Å². The molecule has 0 N–H and O–H groups in total. The Hall–Kier alpha value is -3.31. The zero-order valence-corrected chi connectivity index (χ0v) is 19.0.